The number of phenols is 1. The Morgan fingerprint density at radius 1 is 1.14 bits per heavy atom. The number of aromatic hydroxyl groups is 1. The molecule has 0 spiro atoms. The molecule has 0 unspecified atom stereocenters. The molecule has 0 aliphatic rings. The third kappa shape index (κ3) is 3.39. The molecule has 0 amide bonds. The Morgan fingerprint density at radius 2 is 1.76 bits per heavy atom. The Bertz CT molecular complexity index is 822. The van der Waals surface area contributed by atoms with Gasteiger partial charge in [-0.15, -0.1) is 0 Å². The van der Waals surface area contributed by atoms with Crippen molar-refractivity contribution in [3.63, 3.8) is 0 Å². The molecule has 0 bridgehead atoms. The molecule has 8 heteroatoms. The lowest BCUT2D eigenvalue weighted by molar-refractivity contribution is 0.476. The maximum Gasteiger partial charge on any atom is 0.261 e. The standard InChI is InChI=1S/C13H8Cl2N2O3S/c14-11-5-9(6-12(15)13(11)18)17-21(19,20)10-3-1-2-8(4-10)7-16/h1-6,17-18H. The van der Waals surface area contributed by atoms with Gasteiger partial charge in [-0.2, -0.15) is 5.26 Å². The normalized spacial score (nSPS) is 10.9. The number of halogens is 2. The van der Waals surface area contributed by atoms with Crippen molar-refractivity contribution in [2.24, 2.45) is 0 Å². The van der Waals surface area contributed by atoms with Gasteiger partial charge in [-0.05, 0) is 30.3 Å². The van der Waals surface area contributed by atoms with Crippen LogP contribution in [0.1, 0.15) is 5.56 Å². The van der Waals surface area contributed by atoms with E-state index in [0.29, 0.717) is 0 Å². The summed E-state index contributed by atoms with van der Waals surface area (Å²) in [5.74, 6) is -0.326. The summed E-state index contributed by atoms with van der Waals surface area (Å²) < 4.78 is 26.7. The molecular formula is C13H8Cl2N2O3S. The van der Waals surface area contributed by atoms with Crippen LogP contribution in [0.3, 0.4) is 0 Å². The molecule has 0 fully saturated rings. The third-order valence-corrected chi connectivity index (χ3v) is 4.50. The topological polar surface area (TPSA) is 90.2 Å². The van der Waals surface area contributed by atoms with E-state index in [0.717, 1.165) is 0 Å². The van der Waals surface area contributed by atoms with E-state index in [1.165, 1.54) is 36.4 Å². The minimum atomic E-state index is -3.89. The second-order valence-corrected chi connectivity index (χ2v) is 6.53. The summed E-state index contributed by atoms with van der Waals surface area (Å²) in [6.07, 6.45) is 0. The molecule has 108 valence electrons. The second-order valence-electron chi connectivity index (χ2n) is 4.03. The van der Waals surface area contributed by atoms with E-state index >= 15 is 0 Å². The van der Waals surface area contributed by atoms with E-state index in [-0.39, 0.29) is 31.9 Å². The van der Waals surface area contributed by atoms with Crippen molar-refractivity contribution in [3.8, 4) is 11.8 Å². The van der Waals surface area contributed by atoms with Crippen molar-refractivity contribution in [2.45, 2.75) is 4.90 Å². The first-order valence-corrected chi connectivity index (χ1v) is 7.78. The van der Waals surface area contributed by atoms with Crippen molar-refractivity contribution in [1.82, 2.24) is 0 Å². The van der Waals surface area contributed by atoms with Gasteiger partial charge >= 0.3 is 0 Å². The molecule has 5 nitrogen and oxygen atoms in total. The number of sulfonamides is 1. The van der Waals surface area contributed by atoms with Gasteiger partial charge in [-0.25, -0.2) is 8.42 Å². The Hall–Kier alpha value is -1.94. The third-order valence-electron chi connectivity index (χ3n) is 2.54. The first-order chi connectivity index (χ1) is 9.83. The number of nitriles is 1. The van der Waals surface area contributed by atoms with E-state index in [2.05, 4.69) is 4.72 Å². The molecule has 0 heterocycles. The Labute approximate surface area is 131 Å². The second kappa shape index (κ2) is 5.82. The summed E-state index contributed by atoms with van der Waals surface area (Å²) >= 11 is 11.5. The van der Waals surface area contributed by atoms with Gasteiger partial charge in [0.2, 0.25) is 0 Å². The zero-order valence-electron chi connectivity index (χ0n) is 10.3. The van der Waals surface area contributed by atoms with Crippen LogP contribution < -0.4 is 4.72 Å². The lowest BCUT2D eigenvalue weighted by atomic mass is 10.2. The van der Waals surface area contributed by atoms with Gasteiger partial charge in [0.1, 0.15) is 0 Å². The van der Waals surface area contributed by atoms with E-state index in [1.54, 1.807) is 0 Å². The largest absolute Gasteiger partial charge is 0.505 e. The molecule has 0 aromatic heterocycles. The summed E-state index contributed by atoms with van der Waals surface area (Å²) in [6, 6.07) is 9.87. The molecule has 2 aromatic carbocycles. The first kappa shape index (κ1) is 15.4. The van der Waals surface area contributed by atoms with E-state index in [1.807, 2.05) is 6.07 Å². The molecule has 0 saturated heterocycles. The summed E-state index contributed by atoms with van der Waals surface area (Å²) in [7, 11) is -3.89. The van der Waals surface area contributed by atoms with Crippen LogP contribution in [0.2, 0.25) is 10.0 Å². The van der Waals surface area contributed by atoms with Gasteiger partial charge in [0.15, 0.2) is 5.75 Å². The predicted molar refractivity (Wildman–Crippen MR) is 80.1 cm³/mol. The van der Waals surface area contributed by atoms with Crippen molar-refractivity contribution in [3.05, 3.63) is 52.0 Å². The molecule has 0 aliphatic carbocycles. The van der Waals surface area contributed by atoms with Crippen LogP contribution in [-0.4, -0.2) is 13.5 Å². The summed E-state index contributed by atoms with van der Waals surface area (Å²) in [5.41, 5.74) is 0.324. The minimum Gasteiger partial charge on any atom is -0.505 e. The molecule has 2 rings (SSSR count). The van der Waals surface area contributed by atoms with Gasteiger partial charge in [-0.3, -0.25) is 4.72 Å². The van der Waals surface area contributed by atoms with Gasteiger partial charge in [-0.1, -0.05) is 29.3 Å². The molecule has 21 heavy (non-hydrogen) atoms. The van der Waals surface area contributed by atoms with Crippen LogP contribution in [0.4, 0.5) is 5.69 Å². The predicted octanol–water partition coefficient (Wildman–Crippen LogP) is 3.37. The molecule has 2 N–H and O–H groups in total. The minimum absolute atomic E-state index is 0.0677. The molecule has 0 radical (unpaired) electrons. The number of nitrogens with one attached hydrogen (secondary N) is 1. The number of benzene rings is 2. The smallest absolute Gasteiger partial charge is 0.261 e. The SMILES string of the molecule is N#Cc1cccc(S(=O)(=O)Nc2cc(Cl)c(O)c(Cl)c2)c1. The highest BCUT2D eigenvalue weighted by atomic mass is 35.5. The zero-order valence-corrected chi connectivity index (χ0v) is 12.7. The van der Waals surface area contributed by atoms with Gasteiger partial charge in [0.25, 0.3) is 10.0 Å². The highest BCUT2D eigenvalue weighted by Gasteiger charge is 2.16. The van der Waals surface area contributed by atoms with Gasteiger partial charge in [0.05, 0.1) is 32.3 Å². The first-order valence-electron chi connectivity index (χ1n) is 5.54. The van der Waals surface area contributed by atoms with Gasteiger partial charge < -0.3 is 5.11 Å². The lowest BCUT2D eigenvalue weighted by Gasteiger charge is -2.10. The average Bonchev–Trinajstić information content (AvgIpc) is 2.44. The number of hydrogen-bond donors (Lipinski definition) is 2. The zero-order chi connectivity index (χ0) is 15.6. The van der Waals surface area contributed by atoms with Gasteiger partial charge in [0, 0.05) is 0 Å². The number of rotatable bonds is 3. The van der Waals surface area contributed by atoms with Crippen LogP contribution in [-0.2, 0) is 10.0 Å². The van der Waals surface area contributed by atoms with Crippen molar-refractivity contribution >= 4 is 38.9 Å². The van der Waals surface area contributed by atoms with Crippen LogP contribution in [0, 0.1) is 11.3 Å². The Kier molecular flexibility index (Phi) is 4.28. The molecule has 0 atom stereocenters. The maximum absolute atomic E-state index is 12.2. The fraction of sp³-hybridized carbons (Fsp3) is 0. The fourth-order valence-electron chi connectivity index (χ4n) is 1.57. The van der Waals surface area contributed by atoms with Crippen LogP contribution in [0.25, 0.3) is 0 Å². The average molecular weight is 343 g/mol. The van der Waals surface area contributed by atoms with Crippen molar-refractivity contribution in [2.75, 3.05) is 4.72 Å². The molecule has 0 aliphatic heterocycles. The quantitative estimate of drug-likeness (QED) is 0.836. The molecule has 2 aromatic rings. The summed E-state index contributed by atoms with van der Waals surface area (Å²) in [6.45, 7) is 0. The Balaban J connectivity index is 2.40. The molecule has 0 saturated carbocycles. The fourth-order valence-corrected chi connectivity index (χ4v) is 3.14. The molecular weight excluding hydrogens is 335 g/mol. The lowest BCUT2D eigenvalue weighted by Crippen LogP contribution is -2.13. The summed E-state index contributed by atoms with van der Waals surface area (Å²) in [5, 5.41) is 18.1. The Morgan fingerprint density at radius 3 is 2.33 bits per heavy atom. The van der Waals surface area contributed by atoms with E-state index in [4.69, 9.17) is 28.5 Å². The number of hydrogen-bond acceptors (Lipinski definition) is 4. The number of nitrogens with zero attached hydrogens (tertiary/aromatic N) is 1. The van der Waals surface area contributed by atoms with Crippen molar-refractivity contribution < 1.29 is 13.5 Å². The van der Waals surface area contributed by atoms with Crippen LogP contribution >= 0.6 is 23.2 Å². The highest BCUT2D eigenvalue weighted by Crippen LogP contribution is 2.35. The van der Waals surface area contributed by atoms with Crippen molar-refractivity contribution in [1.29, 1.82) is 5.26 Å². The van der Waals surface area contributed by atoms with E-state index in [9.17, 15) is 13.5 Å². The monoisotopic (exact) mass is 342 g/mol. The van der Waals surface area contributed by atoms with Crippen LogP contribution in [0.15, 0.2) is 41.3 Å². The number of phenolic OH excluding ortho intramolecular Hbond substituents is 1. The van der Waals surface area contributed by atoms with E-state index < -0.39 is 10.0 Å². The highest BCUT2D eigenvalue weighted by molar-refractivity contribution is 7.92. The summed E-state index contributed by atoms with van der Waals surface area (Å²) in [4.78, 5) is -0.0677. The maximum atomic E-state index is 12.2. The number of anilines is 1. The van der Waals surface area contributed by atoms with Crippen LogP contribution in [0.5, 0.6) is 5.75 Å².